The Balaban J connectivity index is 1.59. The molecule has 1 heterocycles. The number of hydrogen-bond donors (Lipinski definition) is 2. The number of nitrogens with zero attached hydrogens (tertiary/aromatic N) is 1. The minimum absolute atomic E-state index is 0.263. The van der Waals surface area contributed by atoms with Crippen molar-refractivity contribution in [3.05, 3.63) is 93.4 Å². The molecule has 4 rings (SSSR count). The molecule has 1 aliphatic rings. The Hall–Kier alpha value is -3.32. The van der Waals surface area contributed by atoms with Crippen LogP contribution in [0.25, 0.3) is 6.08 Å². The van der Waals surface area contributed by atoms with Gasteiger partial charge in [-0.1, -0.05) is 59.1 Å². The number of fused-ring (bicyclic) bond motifs is 1. The lowest BCUT2D eigenvalue weighted by Crippen LogP contribution is -2.52. The summed E-state index contributed by atoms with van der Waals surface area (Å²) in [7, 11) is 0. The first kappa shape index (κ1) is 23.8. The van der Waals surface area contributed by atoms with Crippen LogP contribution in [0.3, 0.4) is 0 Å². The maximum Gasteiger partial charge on any atom is 0.251 e. The second kappa shape index (κ2) is 10.3. The van der Waals surface area contributed by atoms with E-state index in [1.807, 2.05) is 0 Å². The summed E-state index contributed by atoms with van der Waals surface area (Å²) in [4.78, 5) is 40.3. The summed E-state index contributed by atoms with van der Waals surface area (Å²) in [5.41, 5.74) is 2.18. The molecule has 0 spiro atoms. The van der Waals surface area contributed by atoms with Crippen molar-refractivity contribution in [2.24, 2.45) is 0 Å². The highest BCUT2D eigenvalue weighted by atomic mass is 35.5. The SMILES string of the molecule is O=C(CC1C(=O)Nc2ccccc2N1C(=O)C=Cc1ccc(Cl)cc1)Nc1ccc(Cl)c(Cl)c1. The topological polar surface area (TPSA) is 78.5 Å². The van der Waals surface area contributed by atoms with E-state index in [1.54, 1.807) is 66.7 Å². The van der Waals surface area contributed by atoms with Gasteiger partial charge in [-0.3, -0.25) is 19.3 Å². The molecule has 1 unspecified atom stereocenters. The van der Waals surface area contributed by atoms with E-state index >= 15 is 0 Å². The van der Waals surface area contributed by atoms with Crippen molar-refractivity contribution < 1.29 is 14.4 Å². The predicted octanol–water partition coefficient (Wildman–Crippen LogP) is 6.04. The van der Waals surface area contributed by atoms with E-state index in [-0.39, 0.29) is 11.4 Å². The third kappa shape index (κ3) is 5.42. The number of amides is 3. The molecule has 0 saturated heterocycles. The van der Waals surface area contributed by atoms with E-state index in [0.717, 1.165) is 5.56 Å². The van der Waals surface area contributed by atoms with Crippen LogP contribution in [0, 0.1) is 0 Å². The summed E-state index contributed by atoms with van der Waals surface area (Å²) in [6.07, 6.45) is 2.73. The van der Waals surface area contributed by atoms with Crippen LogP contribution < -0.4 is 15.5 Å². The van der Waals surface area contributed by atoms with Gasteiger partial charge in [0.2, 0.25) is 11.8 Å². The van der Waals surface area contributed by atoms with Crippen molar-refractivity contribution in [2.75, 3.05) is 15.5 Å². The number of benzene rings is 3. The molecule has 34 heavy (non-hydrogen) atoms. The fraction of sp³-hybridized carbons (Fsp3) is 0.0800. The molecule has 2 N–H and O–H groups in total. The highest BCUT2D eigenvalue weighted by Gasteiger charge is 2.37. The fourth-order valence-corrected chi connectivity index (χ4v) is 3.95. The van der Waals surface area contributed by atoms with Crippen molar-refractivity contribution in [2.45, 2.75) is 12.5 Å². The second-order valence-corrected chi connectivity index (χ2v) is 8.75. The summed E-state index contributed by atoms with van der Waals surface area (Å²) in [6, 6.07) is 17.5. The van der Waals surface area contributed by atoms with Crippen LogP contribution in [0.5, 0.6) is 0 Å². The third-order valence-electron chi connectivity index (χ3n) is 5.14. The van der Waals surface area contributed by atoms with Crippen molar-refractivity contribution in [1.29, 1.82) is 0 Å². The monoisotopic (exact) mass is 513 g/mol. The van der Waals surface area contributed by atoms with Crippen molar-refractivity contribution in [3.8, 4) is 0 Å². The van der Waals surface area contributed by atoms with Crippen LogP contribution in [-0.2, 0) is 14.4 Å². The molecule has 6 nitrogen and oxygen atoms in total. The van der Waals surface area contributed by atoms with E-state index in [2.05, 4.69) is 10.6 Å². The normalized spacial score (nSPS) is 15.1. The zero-order valence-corrected chi connectivity index (χ0v) is 19.9. The molecule has 0 bridgehead atoms. The quantitative estimate of drug-likeness (QED) is 0.407. The van der Waals surface area contributed by atoms with Gasteiger partial charge in [-0.15, -0.1) is 0 Å². The lowest BCUT2D eigenvalue weighted by molar-refractivity contribution is -0.124. The lowest BCUT2D eigenvalue weighted by atomic mass is 10.0. The van der Waals surface area contributed by atoms with Gasteiger partial charge in [0.25, 0.3) is 5.91 Å². The Morgan fingerprint density at radius 3 is 2.44 bits per heavy atom. The van der Waals surface area contributed by atoms with Crippen LogP contribution in [-0.4, -0.2) is 23.8 Å². The predicted molar refractivity (Wildman–Crippen MR) is 137 cm³/mol. The highest BCUT2D eigenvalue weighted by Crippen LogP contribution is 2.33. The molecule has 0 fully saturated rings. The van der Waals surface area contributed by atoms with E-state index in [4.69, 9.17) is 34.8 Å². The Morgan fingerprint density at radius 1 is 0.971 bits per heavy atom. The molecule has 0 radical (unpaired) electrons. The maximum absolute atomic E-state index is 13.2. The first-order valence-electron chi connectivity index (χ1n) is 10.2. The standard InChI is InChI=1S/C25H18Cl3N3O3/c26-16-8-5-15(6-9-16)7-12-24(33)31-21-4-2-1-3-20(21)30-25(34)22(31)14-23(32)29-17-10-11-18(27)19(28)13-17/h1-13,22H,14H2,(H,29,32)(H,30,34). The van der Waals surface area contributed by atoms with Crippen LogP contribution in [0.1, 0.15) is 12.0 Å². The number of anilines is 3. The minimum Gasteiger partial charge on any atom is -0.326 e. The number of para-hydroxylation sites is 2. The Labute approximate surface area is 211 Å². The molecule has 9 heteroatoms. The van der Waals surface area contributed by atoms with Gasteiger partial charge in [0.15, 0.2) is 0 Å². The molecule has 3 amide bonds. The molecule has 0 aliphatic carbocycles. The first-order chi connectivity index (χ1) is 16.3. The van der Waals surface area contributed by atoms with Crippen molar-refractivity contribution in [1.82, 2.24) is 0 Å². The van der Waals surface area contributed by atoms with Crippen molar-refractivity contribution >= 4 is 75.7 Å². The van der Waals surface area contributed by atoms with Gasteiger partial charge in [0, 0.05) is 16.8 Å². The molecule has 3 aromatic rings. The van der Waals surface area contributed by atoms with Gasteiger partial charge in [0.05, 0.1) is 27.8 Å². The summed E-state index contributed by atoms with van der Waals surface area (Å²) < 4.78 is 0. The molecule has 3 aromatic carbocycles. The summed E-state index contributed by atoms with van der Waals surface area (Å²) in [5.74, 6) is -1.36. The summed E-state index contributed by atoms with van der Waals surface area (Å²) >= 11 is 17.8. The van der Waals surface area contributed by atoms with Crippen molar-refractivity contribution in [3.63, 3.8) is 0 Å². The average molecular weight is 515 g/mol. The Bertz CT molecular complexity index is 1290. The van der Waals surface area contributed by atoms with Crippen LogP contribution >= 0.6 is 34.8 Å². The van der Waals surface area contributed by atoms with Gasteiger partial charge >= 0.3 is 0 Å². The molecule has 1 atom stereocenters. The van der Waals surface area contributed by atoms with E-state index in [0.29, 0.717) is 27.1 Å². The number of hydrogen-bond acceptors (Lipinski definition) is 3. The van der Waals surface area contributed by atoms with Crippen LogP contribution in [0.2, 0.25) is 15.1 Å². The van der Waals surface area contributed by atoms with E-state index in [1.165, 1.54) is 17.0 Å². The smallest absolute Gasteiger partial charge is 0.251 e. The fourth-order valence-electron chi connectivity index (χ4n) is 3.53. The maximum atomic E-state index is 13.2. The lowest BCUT2D eigenvalue weighted by Gasteiger charge is -2.35. The van der Waals surface area contributed by atoms with Gasteiger partial charge < -0.3 is 10.6 Å². The Kier molecular flexibility index (Phi) is 7.22. The molecule has 0 aromatic heterocycles. The Morgan fingerprint density at radius 2 is 1.71 bits per heavy atom. The van der Waals surface area contributed by atoms with Gasteiger partial charge in [-0.25, -0.2) is 0 Å². The minimum atomic E-state index is -1.06. The van der Waals surface area contributed by atoms with Gasteiger partial charge in [0.1, 0.15) is 6.04 Å². The number of rotatable bonds is 5. The molecule has 0 saturated carbocycles. The molecular weight excluding hydrogens is 497 g/mol. The number of nitrogens with one attached hydrogen (secondary N) is 2. The van der Waals surface area contributed by atoms with E-state index in [9.17, 15) is 14.4 Å². The highest BCUT2D eigenvalue weighted by molar-refractivity contribution is 6.42. The number of halogens is 3. The van der Waals surface area contributed by atoms with Gasteiger partial charge in [-0.05, 0) is 54.1 Å². The third-order valence-corrected chi connectivity index (χ3v) is 6.13. The molecule has 172 valence electrons. The van der Waals surface area contributed by atoms with E-state index < -0.39 is 23.8 Å². The second-order valence-electron chi connectivity index (χ2n) is 7.50. The number of carbonyl (C=O) groups is 3. The first-order valence-corrected chi connectivity index (χ1v) is 11.4. The van der Waals surface area contributed by atoms with Crippen LogP contribution in [0.4, 0.5) is 17.1 Å². The summed E-state index contributed by atoms with van der Waals surface area (Å²) in [6.45, 7) is 0. The average Bonchev–Trinajstić information content (AvgIpc) is 2.81. The largest absolute Gasteiger partial charge is 0.326 e. The molecule has 1 aliphatic heterocycles. The molecular formula is C25H18Cl3N3O3. The zero-order chi connectivity index (χ0) is 24.2. The van der Waals surface area contributed by atoms with Crippen LogP contribution in [0.15, 0.2) is 72.8 Å². The number of carbonyl (C=O) groups excluding carboxylic acids is 3. The zero-order valence-electron chi connectivity index (χ0n) is 17.6. The summed E-state index contributed by atoms with van der Waals surface area (Å²) in [5, 5.41) is 6.69. The van der Waals surface area contributed by atoms with Gasteiger partial charge in [-0.2, -0.15) is 0 Å².